The van der Waals surface area contributed by atoms with Gasteiger partial charge < -0.3 is 4.74 Å². The number of benzene rings is 1. The molecule has 5 rings (SSSR count). The monoisotopic (exact) mass is 413 g/mol. The van der Waals surface area contributed by atoms with Crippen LogP contribution in [0.3, 0.4) is 0 Å². The van der Waals surface area contributed by atoms with Crippen molar-refractivity contribution in [1.82, 2.24) is 14.4 Å². The van der Waals surface area contributed by atoms with Gasteiger partial charge in [0.1, 0.15) is 12.3 Å². The molecule has 6 heteroatoms. The Morgan fingerprint density at radius 3 is 2.90 bits per heavy atom. The van der Waals surface area contributed by atoms with Crippen LogP contribution in [-0.2, 0) is 24.2 Å². The van der Waals surface area contributed by atoms with Gasteiger partial charge in [-0.3, -0.25) is 14.2 Å². The van der Waals surface area contributed by atoms with Crippen molar-refractivity contribution in [1.29, 1.82) is 0 Å². The molecule has 1 unspecified atom stereocenters. The minimum absolute atomic E-state index is 0.0557. The molecule has 3 heterocycles. The summed E-state index contributed by atoms with van der Waals surface area (Å²) in [6, 6.07) is 12.8. The van der Waals surface area contributed by atoms with E-state index in [9.17, 15) is 9.59 Å². The summed E-state index contributed by atoms with van der Waals surface area (Å²) in [7, 11) is 0. The maximum absolute atomic E-state index is 13.3. The summed E-state index contributed by atoms with van der Waals surface area (Å²) in [5, 5.41) is 0.808. The fourth-order valence-electron chi connectivity index (χ4n) is 4.39. The number of fused-ring (bicyclic) bond motifs is 3. The molecule has 1 aromatic carbocycles. The molecule has 4 aromatic rings. The van der Waals surface area contributed by atoms with E-state index in [0.29, 0.717) is 22.8 Å². The molecule has 0 spiro atoms. The molecule has 156 valence electrons. The van der Waals surface area contributed by atoms with Crippen molar-refractivity contribution in [3.63, 3.8) is 0 Å². The van der Waals surface area contributed by atoms with Gasteiger partial charge in [0.2, 0.25) is 0 Å². The zero-order chi connectivity index (χ0) is 21.5. The lowest BCUT2D eigenvalue weighted by Gasteiger charge is -2.24. The zero-order valence-corrected chi connectivity index (χ0v) is 17.6. The summed E-state index contributed by atoms with van der Waals surface area (Å²) in [5.41, 5.74) is 5.08. The van der Waals surface area contributed by atoms with Crippen molar-refractivity contribution in [2.75, 3.05) is 0 Å². The SMILES string of the molecule is Cc1cccn2c(=O)cc(COC(=O)c3c4c(nc5ccccc35)CCC(C)C4)nc12. The van der Waals surface area contributed by atoms with Gasteiger partial charge >= 0.3 is 5.97 Å². The Morgan fingerprint density at radius 1 is 1.19 bits per heavy atom. The summed E-state index contributed by atoms with van der Waals surface area (Å²) in [4.78, 5) is 35.0. The predicted octanol–water partition coefficient (Wildman–Crippen LogP) is 4.03. The quantitative estimate of drug-likeness (QED) is 0.474. The number of esters is 1. The number of aryl methyl sites for hydroxylation is 2. The Hall–Kier alpha value is -3.54. The molecule has 1 aliphatic carbocycles. The fraction of sp³-hybridized carbons (Fsp3) is 0.280. The van der Waals surface area contributed by atoms with E-state index < -0.39 is 5.97 Å². The summed E-state index contributed by atoms with van der Waals surface area (Å²) >= 11 is 0. The topological polar surface area (TPSA) is 73.6 Å². The van der Waals surface area contributed by atoms with Gasteiger partial charge in [0, 0.05) is 23.3 Å². The van der Waals surface area contributed by atoms with Crippen LogP contribution in [0.2, 0.25) is 0 Å². The molecule has 1 atom stereocenters. The van der Waals surface area contributed by atoms with Gasteiger partial charge in [-0.25, -0.2) is 9.78 Å². The number of rotatable bonds is 3. The second-order valence-corrected chi connectivity index (χ2v) is 8.32. The Kier molecular flexibility index (Phi) is 4.77. The van der Waals surface area contributed by atoms with Crippen LogP contribution in [0.4, 0.5) is 0 Å². The van der Waals surface area contributed by atoms with Gasteiger partial charge in [-0.15, -0.1) is 0 Å². The molecule has 6 nitrogen and oxygen atoms in total. The summed E-state index contributed by atoms with van der Waals surface area (Å²) in [5.74, 6) is 0.0999. The van der Waals surface area contributed by atoms with E-state index in [4.69, 9.17) is 9.72 Å². The molecule has 1 aliphatic rings. The third-order valence-electron chi connectivity index (χ3n) is 6.00. The zero-order valence-electron chi connectivity index (χ0n) is 17.6. The summed E-state index contributed by atoms with van der Waals surface area (Å²) in [6.07, 6.45) is 4.43. The molecule has 0 saturated carbocycles. The Morgan fingerprint density at radius 2 is 2.03 bits per heavy atom. The third kappa shape index (κ3) is 3.48. The molecule has 0 saturated heterocycles. The number of pyridine rings is 2. The third-order valence-corrected chi connectivity index (χ3v) is 6.00. The van der Waals surface area contributed by atoms with E-state index in [0.717, 1.165) is 47.0 Å². The van der Waals surface area contributed by atoms with Crippen LogP contribution in [0.1, 0.15) is 46.2 Å². The van der Waals surface area contributed by atoms with Crippen LogP contribution in [0, 0.1) is 12.8 Å². The van der Waals surface area contributed by atoms with E-state index >= 15 is 0 Å². The van der Waals surface area contributed by atoms with Crippen molar-refractivity contribution in [2.24, 2.45) is 5.92 Å². The first-order valence-electron chi connectivity index (χ1n) is 10.6. The van der Waals surface area contributed by atoms with Crippen LogP contribution >= 0.6 is 0 Å². The minimum atomic E-state index is -0.393. The van der Waals surface area contributed by atoms with Crippen molar-refractivity contribution >= 4 is 22.5 Å². The minimum Gasteiger partial charge on any atom is -0.456 e. The Balaban J connectivity index is 1.52. The maximum Gasteiger partial charge on any atom is 0.339 e. The van der Waals surface area contributed by atoms with E-state index in [1.807, 2.05) is 43.3 Å². The average Bonchev–Trinajstić information content (AvgIpc) is 2.76. The van der Waals surface area contributed by atoms with Gasteiger partial charge in [0.05, 0.1) is 16.8 Å². The van der Waals surface area contributed by atoms with Crippen molar-refractivity contribution in [3.8, 4) is 0 Å². The second-order valence-electron chi connectivity index (χ2n) is 8.32. The Bertz CT molecular complexity index is 1390. The van der Waals surface area contributed by atoms with Crippen LogP contribution in [0.15, 0.2) is 53.5 Å². The van der Waals surface area contributed by atoms with Crippen LogP contribution < -0.4 is 5.56 Å². The maximum atomic E-state index is 13.3. The molecule has 31 heavy (non-hydrogen) atoms. The standard InChI is InChI=1S/C25H23N3O3/c1-15-9-10-21-19(12-15)23(18-7-3-4-8-20(18)27-21)25(30)31-14-17-13-22(29)28-11-5-6-16(2)24(28)26-17/h3-8,11,13,15H,9-10,12,14H2,1-2H3. The fourth-order valence-corrected chi connectivity index (χ4v) is 4.39. The van der Waals surface area contributed by atoms with Gasteiger partial charge in [0.25, 0.3) is 5.56 Å². The van der Waals surface area contributed by atoms with Gasteiger partial charge in [0.15, 0.2) is 0 Å². The number of carbonyl (C=O) groups excluding carboxylic acids is 1. The van der Waals surface area contributed by atoms with Crippen molar-refractivity contribution in [3.05, 3.63) is 87.1 Å². The first kappa shape index (κ1) is 19.4. The van der Waals surface area contributed by atoms with E-state index in [1.54, 1.807) is 6.20 Å². The Labute approximate surface area is 179 Å². The number of para-hydroxylation sites is 1. The molecular weight excluding hydrogens is 390 g/mol. The summed E-state index contributed by atoms with van der Waals surface area (Å²) < 4.78 is 7.18. The molecule has 0 bridgehead atoms. The van der Waals surface area contributed by atoms with E-state index in [1.165, 1.54) is 10.5 Å². The predicted molar refractivity (Wildman–Crippen MR) is 118 cm³/mol. The molecule has 3 aromatic heterocycles. The molecule has 0 N–H and O–H groups in total. The number of carbonyl (C=O) groups is 1. The molecular formula is C25H23N3O3. The lowest BCUT2D eigenvalue weighted by molar-refractivity contribution is 0.0468. The first-order valence-corrected chi connectivity index (χ1v) is 10.6. The number of hydrogen-bond acceptors (Lipinski definition) is 5. The number of hydrogen-bond donors (Lipinski definition) is 0. The number of ether oxygens (including phenoxy) is 1. The highest BCUT2D eigenvalue weighted by Gasteiger charge is 2.26. The van der Waals surface area contributed by atoms with Gasteiger partial charge in [-0.1, -0.05) is 31.2 Å². The second kappa shape index (κ2) is 7.61. The highest BCUT2D eigenvalue weighted by atomic mass is 16.5. The first-order chi connectivity index (χ1) is 15.0. The van der Waals surface area contributed by atoms with Crippen molar-refractivity contribution in [2.45, 2.75) is 39.7 Å². The lowest BCUT2D eigenvalue weighted by Crippen LogP contribution is -2.20. The molecule has 0 radical (unpaired) electrons. The van der Waals surface area contributed by atoms with Gasteiger partial charge in [-0.2, -0.15) is 0 Å². The smallest absolute Gasteiger partial charge is 0.339 e. The molecule has 0 amide bonds. The molecule has 0 fully saturated rings. The molecule has 0 aliphatic heterocycles. The van der Waals surface area contributed by atoms with Gasteiger partial charge in [-0.05, 0) is 55.4 Å². The highest BCUT2D eigenvalue weighted by molar-refractivity contribution is 6.05. The average molecular weight is 413 g/mol. The number of aromatic nitrogens is 3. The largest absolute Gasteiger partial charge is 0.456 e. The van der Waals surface area contributed by atoms with Crippen molar-refractivity contribution < 1.29 is 9.53 Å². The van der Waals surface area contributed by atoms with Crippen LogP contribution in [0.5, 0.6) is 0 Å². The summed E-state index contributed by atoms with van der Waals surface area (Å²) in [6.45, 7) is 4.04. The normalized spacial score (nSPS) is 15.7. The highest BCUT2D eigenvalue weighted by Crippen LogP contribution is 2.32. The van der Waals surface area contributed by atoms with E-state index in [2.05, 4.69) is 11.9 Å². The van der Waals surface area contributed by atoms with Crippen LogP contribution in [0.25, 0.3) is 16.6 Å². The lowest BCUT2D eigenvalue weighted by atomic mass is 9.84. The van der Waals surface area contributed by atoms with Crippen LogP contribution in [-0.4, -0.2) is 20.3 Å². The number of nitrogens with zero attached hydrogens (tertiary/aromatic N) is 3. The van der Waals surface area contributed by atoms with E-state index in [-0.39, 0.29) is 12.2 Å².